The first kappa shape index (κ1) is 37.3. The molecule has 3 amide bonds. The van der Waals surface area contributed by atoms with E-state index in [1.165, 1.54) is 4.90 Å². The lowest BCUT2D eigenvalue weighted by Gasteiger charge is -2.44. The molecule has 0 heterocycles. The van der Waals surface area contributed by atoms with Crippen LogP contribution in [0.5, 0.6) is 0 Å². The van der Waals surface area contributed by atoms with E-state index in [9.17, 15) is 19.2 Å². The number of aryl methyl sites for hydroxylation is 1. The highest BCUT2D eigenvalue weighted by Crippen LogP contribution is 2.33. The highest BCUT2D eigenvalue weighted by atomic mass is 16.6. The number of ether oxygens (including phenoxy) is 2. The summed E-state index contributed by atoms with van der Waals surface area (Å²) in [4.78, 5) is 56.9. The predicted octanol–water partition coefficient (Wildman–Crippen LogP) is 6.28. The van der Waals surface area contributed by atoms with E-state index in [4.69, 9.17) is 9.47 Å². The maximum absolute atomic E-state index is 14.5. The van der Waals surface area contributed by atoms with E-state index in [1.54, 1.807) is 47.6 Å². The smallest absolute Gasteiger partial charge is 0.408 e. The van der Waals surface area contributed by atoms with E-state index in [0.717, 1.165) is 11.1 Å². The van der Waals surface area contributed by atoms with Crippen molar-refractivity contribution in [2.45, 2.75) is 124 Å². The van der Waals surface area contributed by atoms with E-state index in [1.807, 2.05) is 90.1 Å². The van der Waals surface area contributed by atoms with Crippen molar-refractivity contribution in [3.8, 4) is 0 Å². The Kier molecular flexibility index (Phi) is 12.4. The van der Waals surface area contributed by atoms with Crippen molar-refractivity contribution in [2.24, 2.45) is 5.92 Å². The molecule has 0 spiro atoms. The number of amides is 3. The Morgan fingerprint density at radius 1 is 0.756 bits per heavy atom. The summed E-state index contributed by atoms with van der Waals surface area (Å²) in [5.41, 5.74) is -0.204. The molecule has 9 nitrogen and oxygen atoms in total. The Morgan fingerprint density at radius 3 is 1.78 bits per heavy atom. The van der Waals surface area contributed by atoms with E-state index in [2.05, 4.69) is 10.6 Å². The van der Waals surface area contributed by atoms with Crippen LogP contribution < -0.4 is 10.6 Å². The van der Waals surface area contributed by atoms with Gasteiger partial charge < -0.3 is 25.0 Å². The second kappa shape index (κ2) is 14.9. The minimum absolute atomic E-state index is 0.195. The highest BCUT2D eigenvalue weighted by molar-refractivity contribution is 5.94. The van der Waals surface area contributed by atoms with Gasteiger partial charge in [-0.2, -0.15) is 0 Å². The molecule has 0 saturated heterocycles. The molecule has 3 atom stereocenters. The first-order chi connectivity index (χ1) is 20.6. The fraction of sp³-hybridized carbons (Fsp3) is 0.556. The molecule has 0 aliphatic rings. The zero-order valence-corrected chi connectivity index (χ0v) is 29.1. The summed E-state index contributed by atoms with van der Waals surface area (Å²) < 4.78 is 11.2. The lowest BCUT2D eigenvalue weighted by Crippen LogP contribution is -2.60. The summed E-state index contributed by atoms with van der Waals surface area (Å²) in [5, 5.41) is 5.69. The molecule has 0 fully saturated rings. The number of benzene rings is 2. The van der Waals surface area contributed by atoms with Crippen LogP contribution >= 0.6 is 0 Å². The Balaban J connectivity index is 2.65. The standard InChI is InChI=1S/C36H53N3O6/c1-23(2)28(38-33(43)45-36(10,11)12)31(41)39(34(4,5)6)29(26-21-17-16-18-24(26)3)30(40)37-27(32(42)44-35(7,8)9)22-25-19-14-13-15-20-25/h13-21,23,27-29H,22H2,1-12H3,(H,37,40)(H,38,43). The number of carbonyl (C=O) groups excluding carboxylic acids is 4. The zero-order valence-electron chi connectivity index (χ0n) is 29.1. The molecular formula is C36H53N3O6. The minimum Gasteiger partial charge on any atom is -0.458 e. The summed E-state index contributed by atoms with van der Waals surface area (Å²) in [5.74, 6) is -1.91. The SMILES string of the molecule is Cc1ccccc1C(C(=O)NC(Cc1ccccc1)C(=O)OC(C)(C)C)N(C(=O)C(NC(=O)OC(C)(C)C)C(C)C)C(C)(C)C. The first-order valence-corrected chi connectivity index (χ1v) is 15.6. The number of alkyl carbamates (subject to hydrolysis) is 1. The first-order valence-electron chi connectivity index (χ1n) is 15.6. The molecular weight excluding hydrogens is 570 g/mol. The maximum Gasteiger partial charge on any atom is 0.408 e. The second-order valence-corrected chi connectivity index (χ2v) is 14.8. The fourth-order valence-electron chi connectivity index (χ4n) is 4.90. The summed E-state index contributed by atoms with van der Waals surface area (Å²) >= 11 is 0. The van der Waals surface area contributed by atoms with Gasteiger partial charge in [-0.15, -0.1) is 0 Å². The molecule has 3 unspecified atom stereocenters. The summed E-state index contributed by atoms with van der Waals surface area (Å²) in [6.45, 7) is 21.6. The summed E-state index contributed by atoms with van der Waals surface area (Å²) in [7, 11) is 0. The van der Waals surface area contributed by atoms with Gasteiger partial charge in [0, 0.05) is 12.0 Å². The van der Waals surface area contributed by atoms with Crippen molar-refractivity contribution in [1.29, 1.82) is 0 Å². The molecule has 0 radical (unpaired) electrons. The molecule has 0 aliphatic heterocycles. The molecule has 0 bridgehead atoms. The van der Waals surface area contributed by atoms with Crippen LogP contribution in [0.15, 0.2) is 54.6 Å². The van der Waals surface area contributed by atoms with Crippen LogP contribution in [0.25, 0.3) is 0 Å². The topological polar surface area (TPSA) is 114 Å². The van der Waals surface area contributed by atoms with Crippen LogP contribution in [0.3, 0.4) is 0 Å². The molecule has 248 valence electrons. The number of hydrogen-bond acceptors (Lipinski definition) is 6. The lowest BCUT2D eigenvalue weighted by atomic mass is 9.91. The van der Waals surface area contributed by atoms with E-state index in [-0.39, 0.29) is 12.3 Å². The predicted molar refractivity (Wildman–Crippen MR) is 176 cm³/mol. The summed E-state index contributed by atoms with van der Waals surface area (Å²) in [6.07, 6.45) is -0.534. The average molecular weight is 624 g/mol. The van der Waals surface area contributed by atoms with Gasteiger partial charge in [0.25, 0.3) is 0 Å². The Hall–Kier alpha value is -3.88. The van der Waals surface area contributed by atoms with Crippen molar-refractivity contribution in [3.05, 3.63) is 71.3 Å². The van der Waals surface area contributed by atoms with Crippen LogP contribution in [-0.4, -0.2) is 57.6 Å². The maximum atomic E-state index is 14.5. The molecule has 2 aromatic rings. The van der Waals surface area contributed by atoms with Crippen LogP contribution in [0.4, 0.5) is 4.79 Å². The minimum atomic E-state index is -1.14. The van der Waals surface area contributed by atoms with Gasteiger partial charge in [-0.3, -0.25) is 9.59 Å². The van der Waals surface area contributed by atoms with Gasteiger partial charge in [0.15, 0.2) is 0 Å². The number of hydrogen-bond donors (Lipinski definition) is 2. The molecule has 2 rings (SSSR count). The number of nitrogens with one attached hydrogen (secondary N) is 2. The van der Waals surface area contributed by atoms with Gasteiger partial charge in [-0.25, -0.2) is 9.59 Å². The molecule has 45 heavy (non-hydrogen) atoms. The number of esters is 1. The van der Waals surface area contributed by atoms with Crippen molar-refractivity contribution in [2.75, 3.05) is 0 Å². The van der Waals surface area contributed by atoms with Gasteiger partial charge in [0.2, 0.25) is 11.8 Å². The monoisotopic (exact) mass is 623 g/mol. The normalized spacial score (nSPS) is 14.2. The van der Waals surface area contributed by atoms with Gasteiger partial charge in [0.1, 0.15) is 29.3 Å². The van der Waals surface area contributed by atoms with Crippen molar-refractivity contribution < 1.29 is 28.7 Å². The third-order valence-corrected chi connectivity index (χ3v) is 6.85. The van der Waals surface area contributed by atoms with Crippen LogP contribution in [0, 0.1) is 12.8 Å². The summed E-state index contributed by atoms with van der Waals surface area (Å²) in [6, 6.07) is 13.5. The van der Waals surface area contributed by atoms with Gasteiger partial charge in [0.05, 0.1) is 0 Å². The molecule has 0 saturated carbocycles. The van der Waals surface area contributed by atoms with Crippen LogP contribution in [-0.2, 0) is 30.3 Å². The van der Waals surface area contributed by atoms with E-state index in [0.29, 0.717) is 5.56 Å². The zero-order chi connectivity index (χ0) is 34.3. The van der Waals surface area contributed by atoms with Crippen molar-refractivity contribution in [3.63, 3.8) is 0 Å². The Bertz CT molecular complexity index is 1320. The van der Waals surface area contributed by atoms with Crippen molar-refractivity contribution in [1.82, 2.24) is 15.5 Å². The van der Waals surface area contributed by atoms with Gasteiger partial charge in [-0.1, -0.05) is 68.4 Å². The number of rotatable bonds is 10. The van der Waals surface area contributed by atoms with Crippen LogP contribution in [0.1, 0.15) is 98.9 Å². The second-order valence-electron chi connectivity index (χ2n) is 14.8. The van der Waals surface area contributed by atoms with Crippen molar-refractivity contribution >= 4 is 23.9 Å². The quantitative estimate of drug-likeness (QED) is 0.301. The van der Waals surface area contributed by atoms with Gasteiger partial charge in [-0.05, 0) is 91.8 Å². The Labute approximate surface area is 269 Å². The largest absolute Gasteiger partial charge is 0.458 e. The lowest BCUT2D eigenvalue weighted by molar-refractivity contribution is -0.159. The fourth-order valence-corrected chi connectivity index (χ4v) is 4.90. The molecule has 0 aliphatic carbocycles. The van der Waals surface area contributed by atoms with Gasteiger partial charge >= 0.3 is 12.1 Å². The average Bonchev–Trinajstić information content (AvgIpc) is 2.88. The molecule has 9 heteroatoms. The Morgan fingerprint density at radius 2 is 1.29 bits per heavy atom. The van der Waals surface area contributed by atoms with E-state index >= 15 is 0 Å². The number of nitrogens with zero attached hydrogens (tertiary/aromatic N) is 1. The highest BCUT2D eigenvalue weighted by Gasteiger charge is 2.44. The van der Waals surface area contributed by atoms with E-state index < -0.39 is 58.7 Å². The molecule has 2 N–H and O–H groups in total. The van der Waals surface area contributed by atoms with Crippen LogP contribution in [0.2, 0.25) is 0 Å². The third-order valence-electron chi connectivity index (χ3n) is 6.85. The number of carbonyl (C=O) groups is 4. The molecule has 0 aromatic heterocycles. The third kappa shape index (κ3) is 11.5. The molecule has 2 aromatic carbocycles.